The number of hydrogen-bond acceptors (Lipinski definition) is 4. The molecule has 0 aliphatic heterocycles. The third kappa shape index (κ3) is 2.22. The minimum Gasteiger partial charge on any atom is -0.396 e. The largest absolute Gasteiger partial charge is 0.396 e. The van der Waals surface area contributed by atoms with Gasteiger partial charge >= 0.3 is 0 Å². The van der Waals surface area contributed by atoms with Crippen LogP contribution in [0.25, 0.3) is 10.2 Å². The topological polar surface area (TPSA) is 45.1 Å². The summed E-state index contributed by atoms with van der Waals surface area (Å²) < 4.78 is 1.21. The molecule has 3 nitrogen and oxygen atoms in total. The van der Waals surface area contributed by atoms with Crippen LogP contribution in [0.5, 0.6) is 0 Å². The maximum Gasteiger partial charge on any atom is 0.183 e. The van der Waals surface area contributed by atoms with Crippen LogP contribution in [0.1, 0.15) is 25.7 Å². The molecular formula is C14H18N2OS. The standard InChI is InChI=1S/C14H18N2OS/c17-10-14(7-3-4-8-14)9-15-13-16-11-5-1-2-6-12(11)18-13/h1-2,5-6,17H,3-4,7-10H2,(H,15,16). The van der Waals surface area contributed by atoms with Crippen molar-refractivity contribution in [2.45, 2.75) is 25.7 Å². The van der Waals surface area contributed by atoms with Crippen molar-refractivity contribution in [1.82, 2.24) is 4.98 Å². The normalized spacial score (nSPS) is 18.3. The van der Waals surface area contributed by atoms with Crippen molar-refractivity contribution in [3.8, 4) is 0 Å². The second kappa shape index (κ2) is 4.86. The van der Waals surface area contributed by atoms with Crippen molar-refractivity contribution in [2.75, 3.05) is 18.5 Å². The molecule has 0 unspecified atom stereocenters. The number of aliphatic hydroxyl groups is 1. The summed E-state index contributed by atoms with van der Waals surface area (Å²) in [5.74, 6) is 0. The Balaban J connectivity index is 1.72. The van der Waals surface area contributed by atoms with Gasteiger partial charge in [-0.1, -0.05) is 36.3 Å². The zero-order valence-corrected chi connectivity index (χ0v) is 11.2. The summed E-state index contributed by atoms with van der Waals surface area (Å²) in [6, 6.07) is 8.18. The van der Waals surface area contributed by atoms with Crippen molar-refractivity contribution in [3.05, 3.63) is 24.3 Å². The van der Waals surface area contributed by atoms with Crippen LogP contribution in [0.4, 0.5) is 5.13 Å². The zero-order valence-electron chi connectivity index (χ0n) is 10.4. The molecule has 0 spiro atoms. The van der Waals surface area contributed by atoms with Crippen molar-refractivity contribution in [2.24, 2.45) is 5.41 Å². The molecule has 2 N–H and O–H groups in total. The molecule has 4 heteroatoms. The molecule has 1 aliphatic rings. The minimum absolute atomic E-state index is 0.0812. The Morgan fingerprint density at radius 3 is 2.78 bits per heavy atom. The van der Waals surface area contributed by atoms with Gasteiger partial charge in [0.05, 0.1) is 16.8 Å². The van der Waals surface area contributed by atoms with Gasteiger partial charge in [0.1, 0.15) is 0 Å². The fourth-order valence-corrected chi connectivity index (χ4v) is 3.59. The Labute approximate surface area is 111 Å². The molecule has 0 amide bonds. The van der Waals surface area contributed by atoms with E-state index in [1.165, 1.54) is 17.5 Å². The number of thiazole rings is 1. The predicted molar refractivity (Wildman–Crippen MR) is 76.1 cm³/mol. The third-order valence-electron chi connectivity index (χ3n) is 3.91. The van der Waals surface area contributed by atoms with Gasteiger partial charge < -0.3 is 10.4 Å². The molecule has 0 bridgehead atoms. The van der Waals surface area contributed by atoms with E-state index in [9.17, 15) is 5.11 Å². The molecule has 18 heavy (non-hydrogen) atoms. The maximum atomic E-state index is 9.58. The molecule has 1 heterocycles. The highest BCUT2D eigenvalue weighted by molar-refractivity contribution is 7.22. The van der Waals surface area contributed by atoms with E-state index in [-0.39, 0.29) is 12.0 Å². The van der Waals surface area contributed by atoms with Crippen molar-refractivity contribution in [1.29, 1.82) is 0 Å². The van der Waals surface area contributed by atoms with Gasteiger partial charge in [-0.3, -0.25) is 0 Å². The first kappa shape index (κ1) is 11.9. The van der Waals surface area contributed by atoms with Gasteiger partial charge in [-0.15, -0.1) is 0 Å². The predicted octanol–water partition coefficient (Wildman–Crippen LogP) is 3.26. The second-order valence-corrected chi connectivity index (χ2v) is 6.24. The van der Waals surface area contributed by atoms with E-state index in [1.54, 1.807) is 11.3 Å². The van der Waals surface area contributed by atoms with Gasteiger partial charge in [0, 0.05) is 12.0 Å². The number of nitrogens with zero attached hydrogens (tertiary/aromatic N) is 1. The third-order valence-corrected chi connectivity index (χ3v) is 4.90. The lowest BCUT2D eigenvalue weighted by molar-refractivity contribution is 0.142. The second-order valence-electron chi connectivity index (χ2n) is 5.21. The highest BCUT2D eigenvalue weighted by Crippen LogP contribution is 2.38. The highest BCUT2D eigenvalue weighted by atomic mass is 32.1. The summed E-state index contributed by atoms with van der Waals surface area (Å²) in [7, 11) is 0. The van der Waals surface area contributed by atoms with Gasteiger partial charge in [-0.25, -0.2) is 4.98 Å². The van der Waals surface area contributed by atoms with Crippen LogP contribution >= 0.6 is 11.3 Å². The van der Waals surface area contributed by atoms with Crippen LogP contribution in [0.2, 0.25) is 0 Å². The molecule has 1 aromatic carbocycles. The summed E-state index contributed by atoms with van der Waals surface area (Å²) in [6.07, 6.45) is 4.73. The smallest absolute Gasteiger partial charge is 0.183 e. The van der Waals surface area contributed by atoms with Gasteiger partial charge in [0.2, 0.25) is 0 Å². The van der Waals surface area contributed by atoms with Crippen molar-refractivity contribution < 1.29 is 5.11 Å². The van der Waals surface area contributed by atoms with E-state index in [1.807, 2.05) is 18.2 Å². The molecule has 2 aromatic rings. The SMILES string of the molecule is OCC1(CNc2nc3ccccc3s2)CCCC1. The Bertz CT molecular complexity index is 498. The fraction of sp³-hybridized carbons (Fsp3) is 0.500. The molecule has 1 aliphatic carbocycles. The summed E-state index contributed by atoms with van der Waals surface area (Å²) in [4.78, 5) is 4.56. The van der Waals surface area contributed by atoms with Gasteiger partial charge in [0.25, 0.3) is 0 Å². The number of nitrogens with one attached hydrogen (secondary N) is 1. The maximum absolute atomic E-state index is 9.58. The van der Waals surface area contributed by atoms with Crippen LogP contribution in [-0.2, 0) is 0 Å². The quantitative estimate of drug-likeness (QED) is 0.889. The first-order chi connectivity index (χ1) is 8.81. The molecule has 1 aromatic heterocycles. The monoisotopic (exact) mass is 262 g/mol. The summed E-state index contributed by atoms with van der Waals surface area (Å²) in [6.45, 7) is 1.12. The molecule has 0 saturated heterocycles. The van der Waals surface area contributed by atoms with E-state index in [0.29, 0.717) is 0 Å². The fourth-order valence-electron chi connectivity index (χ4n) is 2.73. The minimum atomic E-state index is 0.0812. The summed E-state index contributed by atoms with van der Waals surface area (Å²) >= 11 is 1.69. The van der Waals surface area contributed by atoms with Crippen LogP contribution < -0.4 is 5.32 Å². The number of aromatic nitrogens is 1. The van der Waals surface area contributed by atoms with Crippen LogP contribution in [-0.4, -0.2) is 23.2 Å². The first-order valence-electron chi connectivity index (χ1n) is 6.52. The molecule has 3 rings (SSSR count). The number of hydrogen-bond donors (Lipinski definition) is 2. The Kier molecular flexibility index (Phi) is 3.22. The Morgan fingerprint density at radius 2 is 2.06 bits per heavy atom. The van der Waals surface area contributed by atoms with Crippen LogP contribution in [0.15, 0.2) is 24.3 Å². The van der Waals surface area contributed by atoms with E-state index in [4.69, 9.17) is 0 Å². The summed E-state index contributed by atoms with van der Waals surface area (Å²) in [5.41, 5.74) is 1.13. The molecule has 1 fully saturated rings. The lowest BCUT2D eigenvalue weighted by Crippen LogP contribution is -2.30. The van der Waals surface area contributed by atoms with Gasteiger partial charge in [-0.2, -0.15) is 0 Å². The lowest BCUT2D eigenvalue weighted by Gasteiger charge is -2.26. The van der Waals surface area contributed by atoms with E-state index >= 15 is 0 Å². The van der Waals surface area contributed by atoms with Crippen LogP contribution in [0.3, 0.4) is 0 Å². The van der Waals surface area contributed by atoms with E-state index in [0.717, 1.165) is 30.0 Å². The van der Waals surface area contributed by atoms with Gasteiger partial charge in [-0.05, 0) is 25.0 Å². The Hall–Kier alpha value is -1.13. The van der Waals surface area contributed by atoms with E-state index in [2.05, 4.69) is 16.4 Å². The number of anilines is 1. The van der Waals surface area contributed by atoms with Crippen LogP contribution in [0, 0.1) is 5.41 Å². The van der Waals surface area contributed by atoms with Crippen molar-refractivity contribution in [3.63, 3.8) is 0 Å². The number of rotatable bonds is 4. The first-order valence-corrected chi connectivity index (χ1v) is 7.33. The number of para-hydroxylation sites is 1. The molecule has 0 atom stereocenters. The molecule has 1 saturated carbocycles. The Morgan fingerprint density at radius 1 is 1.28 bits per heavy atom. The molecule has 0 radical (unpaired) electrons. The lowest BCUT2D eigenvalue weighted by atomic mass is 9.87. The molecule has 96 valence electrons. The van der Waals surface area contributed by atoms with E-state index < -0.39 is 0 Å². The number of aliphatic hydroxyl groups excluding tert-OH is 1. The summed E-state index contributed by atoms with van der Waals surface area (Å²) in [5, 5.41) is 14.0. The average molecular weight is 262 g/mol. The highest BCUT2D eigenvalue weighted by Gasteiger charge is 2.33. The molecular weight excluding hydrogens is 244 g/mol. The number of benzene rings is 1. The average Bonchev–Trinajstić information content (AvgIpc) is 3.03. The number of fused-ring (bicyclic) bond motifs is 1. The van der Waals surface area contributed by atoms with Gasteiger partial charge in [0.15, 0.2) is 5.13 Å². The van der Waals surface area contributed by atoms with Crippen molar-refractivity contribution >= 4 is 26.7 Å². The zero-order chi connectivity index (χ0) is 12.4.